The lowest BCUT2D eigenvalue weighted by Crippen LogP contribution is -2.31. The first-order valence-corrected chi connectivity index (χ1v) is 7.93. The second-order valence-corrected chi connectivity index (χ2v) is 5.89. The number of amides is 1. The van der Waals surface area contributed by atoms with Gasteiger partial charge in [-0.25, -0.2) is 9.97 Å². The fraction of sp³-hybridized carbons (Fsp3) is 0.167. The minimum absolute atomic E-state index is 0.0209. The number of H-pyrrole nitrogens is 1. The SMILES string of the molecule is O=C1NCCc2[nH]c(-c3ccnc(-c4ccccc4C(F)(F)F)n3)cc21. The van der Waals surface area contributed by atoms with Crippen molar-refractivity contribution in [3.8, 4) is 22.8 Å². The van der Waals surface area contributed by atoms with Crippen molar-refractivity contribution in [2.75, 3.05) is 6.54 Å². The number of nitrogens with one attached hydrogen (secondary N) is 2. The summed E-state index contributed by atoms with van der Waals surface area (Å²) in [5.74, 6) is -0.196. The van der Waals surface area contributed by atoms with Crippen molar-refractivity contribution in [3.63, 3.8) is 0 Å². The molecule has 0 aliphatic carbocycles. The van der Waals surface area contributed by atoms with E-state index >= 15 is 0 Å². The molecule has 1 amide bonds. The first-order chi connectivity index (χ1) is 12.4. The Bertz CT molecular complexity index is 994. The van der Waals surface area contributed by atoms with E-state index in [2.05, 4.69) is 20.3 Å². The maximum atomic E-state index is 13.2. The highest BCUT2D eigenvalue weighted by Crippen LogP contribution is 2.36. The zero-order chi connectivity index (χ0) is 18.3. The number of rotatable bonds is 2. The molecule has 0 fully saturated rings. The van der Waals surface area contributed by atoms with Crippen molar-refractivity contribution in [3.05, 3.63) is 59.4 Å². The molecule has 0 saturated heterocycles. The lowest BCUT2D eigenvalue weighted by Gasteiger charge is -2.12. The van der Waals surface area contributed by atoms with E-state index in [9.17, 15) is 18.0 Å². The summed E-state index contributed by atoms with van der Waals surface area (Å²) in [6.45, 7) is 0.541. The lowest BCUT2D eigenvalue weighted by atomic mass is 10.1. The Morgan fingerprint density at radius 1 is 1.08 bits per heavy atom. The van der Waals surface area contributed by atoms with Crippen molar-refractivity contribution in [2.24, 2.45) is 0 Å². The van der Waals surface area contributed by atoms with Crippen LogP contribution in [0.5, 0.6) is 0 Å². The van der Waals surface area contributed by atoms with Gasteiger partial charge in [-0.15, -0.1) is 0 Å². The number of halogens is 3. The van der Waals surface area contributed by atoms with E-state index in [-0.39, 0.29) is 17.3 Å². The van der Waals surface area contributed by atoms with Gasteiger partial charge in [0.1, 0.15) is 0 Å². The average molecular weight is 358 g/mol. The summed E-state index contributed by atoms with van der Waals surface area (Å²) < 4.78 is 39.7. The van der Waals surface area contributed by atoms with Crippen LogP contribution in [0.15, 0.2) is 42.6 Å². The molecular formula is C18H13F3N4O. The topological polar surface area (TPSA) is 70.7 Å². The number of fused-ring (bicyclic) bond motifs is 1. The second-order valence-electron chi connectivity index (χ2n) is 5.89. The number of carbonyl (C=O) groups excluding carboxylic acids is 1. The number of benzene rings is 1. The summed E-state index contributed by atoms with van der Waals surface area (Å²) in [5, 5.41) is 2.75. The van der Waals surface area contributed by atoms with Crippen LogP contribution in [-0.4, -0.2) is 27.4 Å². The molecule has 0 saturated carbocycles. The molecular weight excluding hydrogens is 345 g/mol. The Balaban J connectivity index is 1.79. The van der Waals surface area contributed by atoms with E-state index < -0.39 is 11.7 Å². The van der Waals surface area contributed by atoms with E-state index in [0.717, 1.165) is 11.8 Å². The molecule has 132 valence electrons. The van der Waals surface area contributed by atoms with E-state index in [1.165, 1.54) is 24.4 Å². The second kappa shape index (κ2) is 5.98. The van der Waals surface area contributed by atoms with Crippen LogP contribution < -0.4 is 5.32 Å². The summed E-state index contributed by atoms with van der Waals surface area (Å²) in [5.41, 5.74) is 1.44. The highest BCUT2D eigenvalue weighted by Gasteiger charge is 2.34. The van der Waals surface area contributed by atoms with Crippen LogP contribution >= 0.6 is 0 Å². The molecule has 2 aromatic heterocycles. The zero-order valence-electron chi connectivity index (χ0n) is 13.4. The van der Waals surface area contributed by atoms with E-state index in [4.69, 9.17) is 0 Å². The molecule has 5 nitrogen and oxygen atoms in total. The third-order valence-corrected chi connectivity index (χ3v) is 4.21. The number of hydrogen-bond donors (Lipinski definition) is 2. The number of alkyl halides is 3. The molecule has 0 unspecified atom stereocenters. The van der Waals surface area contributed by atoms with Crippen LogP contribution in [0.3, 0.4) is 0 Å². The van der Waals surface area contributed by atoms with Gasteiger partial charge in [-0.05, 0) is 18.2 Å². The smallest absolute Gasteiger partial charge is 0.356 e. The predicted molar refractivity (Wildman–Crippen MR) is 88.3 cm³/mol. The van der Waals surface area contributed by atoms with Crippen molar-refractivity contribution >= 4 is 5.91 Å². The number of aromatic amines is 1. The van der Waals surface area contributed by atoms with Gasteiger partial charge in [0.2, 0.25) is 0 Å². The normalized spacial score (nSPS) is 14.0. The molecule has 26 heavy (non-hydrogen) atoms. The van der Waals surface area contributed by atoms with E-state index in [0.29, 0.717) is 29.9 Å². The minimum Gasteiger partial charge on any atom is -0.356 e. The van der Waals surface area contributed by atoms with Crippen LogP contribution in [0.4, 0.5) is 13.2 Å². The van der Waals surface area contributed by atoms with Crippen molar-refractivity contribution < 1.29 is 18.0 Å². The summed E-state index contributed by atoms with van der Waals surface area (Å²) in [6.07, 6.45) is -2.43. The van der Waals surface area contributed by atoms with Gasteiger partial charge in [0.15, 0.2) is 5.82 Å². The van der Waals surface area contributed by atoms with Gasteiger partial charge in [-0.2, -0.15) is 13.2 Å². The molecule has 0 spiro atoms. The van der Waals surface area contributed by atoms with E-state index in [1.807, 2.05) is 0 Å². The first-order valence-electron chi connectivity index (χ1n) is 7.93. The third kappa shape index (κ3) is 2.83. The van der Waals surface area contributed by atoms with Gasteiger partial charge in [0, 0.05) is 30.4 Å². The van der Waals surface area contributed by atoms with Crippen molar-refractivity contribution in [1.82, 2.24) is 20.3 Å². The van der Waals surface area contributed by atoms with Gasteiger partial charge in [0.05, 0.1) is 22.5 Å². The zero-order valence-corrected chi connectivity index (χ0v) is 13.4. The number of nitrogens with zero attached hydrogens (tertiary/aromatic N) is 2. The van der Waals surface area contributed by atoms with Crippen LogP contribution in [0.1, 0.15) is 21.6 Å². The Morgan fingerprint density at radius 2 is 1.88 bits per heavy atom. The van der Waals surface area contributed by atoms with Gasteiger partial charge < -0.3 is 10.3 Å². The quantitative estimate of drug-likeness (QED) is 0.737. The Labute approximate surface area is 146 Å². The monoisotopic (exact) mass is 358 g/mol. The summed E-state index contributed by atoms with van der Waals surface area (Å²) >= 11 is 0. The van der Waals surface area contributed by atoms with Crippen LogP contribution in [0.2, 0.25) is 0 Å². The first kappa shape index (κ1) is 16.3. The molecule has 0 bridgehead atoms. The van der Waals surface area contributed by atoms with Gasteiger partial charge >= 0.3 is 6.18 Å². The fourth-order valence-corrected chi connectivity index (χ4v) is 3.00. The van der Waals surface area contributed by atoms with E-state index in [1.54, 1.807) is 12.1 Å². The molecule has 0 atom stereocenters. The summed E-state index contributed by atoms with van der Waals surface area (Å²) in [6, 6.07) is 8.44. The maximum Gasteiger partial charge on any atom is 0.417 e. The molecule has 1 aliphatic heterocycles. The Hall–Kier alpha value is -3.16. The number of hydrogen-bond acceptors (Lipinski definition) is 3. The molecule has 2 N–H and O–H groups in total. The van der Waals surface area contributed by atoms with Crippen molar-refractivity contribution in [2.45, 2.75) is 12.6 Å². The molecule has 0 radical (unpaired) electrons. The van der Waals surface area contributed by atoms with Crippen molar-refractivity contribution in [1.29, 1.82) is 0 Å². The Morgan fingerprint density at radius 3 is 2.65 bits per heavy atom. The molecule has 3 heterocycles. The van der Waals surface area contributed by atoms with Crippen LogP contribution in [-0.2, 0) is 12.6 Å². The van der Waals surface area contributed by atoms with Crippen LogP contribution in [0.25, 0.3) is 22.8 Å². The molecule has 1 aliphatic rings. The number of aromatic nitrogens is 3. The Kier molecular flexibility index (Phi) is 3.75. The van der Waals surface area contributed by atoms with Crippen LogP contribution in [0, 0.1) is 0 Å². The lowest BCUT2D eigenvalue weighted by molar-refractivity contribution is -0.137. The third-order valence-electron chi connectivity index (χ3n) is 4.21. The summed E-state index contributed by atoms with van der Waals surface area (Å²) in [4.78, 5) is 23.3. The summed E-state index contributed by atoms with van der Waals surface area (Å²) in [7, 11) is 0. The maximum absolute atomic E-state index is 13.2. The molecule has 3 aromatic rings. The standard InChI is InChI=1S/C18H13F3N4O/c19-18(20,21)12-4-2-1-3-10(12)16-22-7-6-14(25-16)15-9-11-13(24-15)5-8-23-17(11)26/h1-4,6-7,9,24H,5,8H2,(H,23,26). The largest absolute Gasteiger partial charge is 0.417 e. The van der Waals surface area contributed by atoms with Gasteiger partial charge in [0.25, 0.3) is 5.91 Å². The average Bonchev–Trinajstić information content (AvgIpc) is 3.07. The van der Waals surface area contributed by atoms with Gasteiger partial charge in [-0.3, -0.25) is 4.79 Å². The fourth-order valence-electron chi connectivity index (χ4n) is 3.00. The minimum atomic E-state index is -4.50. The highest BCUT2D eigenvalue weighted by atomic mass is 19.4. The molecule has 4 rings (SSSR count). The highest BCUT2D eigenvalue weighted by molar-refractivity contribution is 5.97. The predicted octanol–water partition coefficient (Wildman–Crippen LogP) is 3.44. The van der Waals surface area contributed by atoms with Gasteiger partial charge in [-0.1, -0.05) is 18.2 Å². The number of carbonyl (C=O) groups is 1. The molecule has 8 heteroatoms. The molecule has 1 aromatic carbocycles.